The molecule has 1 heterocycles. The molecule has 0 aliphatic heterocycles. The van der Waals surface area contributed by atoms with Crippen LogP contribution in [0, 0.1) is 13.8 Å². The minimum Gasteiger partial charge on any atom is -0.491 e. The topological polar surface area (TPSA) is 43.4 Å². The van der Waals surface area contributed by atoms with Crippen molar-refractivity contribution in [3.8, 4) is 5.75 Å². The van der Waals surface area contributed by atoms with Crippen LogP contribution in [0.15, 0.2) is 36.5 Å². The molecular formula is C17H22N2O2. The third kappa shape index (κ3) is 4.76. The van der Waals surface area contributed by atoms with Gasteiger partial charge in [-0.05, 0) is 37.6 Å². The van der Waals surface area contributed by atoms with E-state index in [-0.39, 0.29) is 0 Å². The first-order chi connectivity index (χ1) is 10.2. The van der Waals surface area contributed by atoms with E-state index in [1.54, 1.807) is 7.11 Å². The zero-order valence-electron chi connectivity index (χ0n) is 12.8. The second-order valence-corrected chi connectivity index (χ2v) is 4.99. The van der Waals surface area contributed by atoms with Crippen LogP contribution in [-0.4, -0.2) is 25.3 Å². The summed E-state index contributed by atoms with van der Waals surface area (Å²) in [5, 5.41) is 3.40. The molecule has 112 valence electrons. The highest BCUT2D eigenvalue weighted by Gasteiger charge is 2.05. The molecule has 0 atom stereocenters. The number of hydrogen-bond acceptors (Lipinski definition) is 4. The van der Waals surface area contributed by atoms with E-state index < -0.39 is 0 Å². The van der Waals surface area contributed by atoms with Gasteiger partial charge in [0.25, 0.3) is 0 Å². The standard InChI is InChI=1S/C17H22N2O2/c1-13-4-5-15(17(10-13)21-9-8-20-3)12-19-16-6-7-18-14(2)11-16/h4-7,10-11H,8-9,12H2,1-3H3,(H,18,19). The maximum Gasteiger partial charge on any atom is 0.124 e. The van der Waals surface area contributed by atoms with Crippen molar-refractivity contribution < 1.29 is 9.47 Å². The van der Waals surface area contributed by atoms with Crippen molar-refractivity contribution >= 4 is 5.69 Å². The van der Waals surface area contributed by atoms with E-state index in [4.69, 9.17) is 9.47 Å². The molecule has 4 nitrogen and oxygen atoms in total. The van der Waals surface area contributed by atoms with E-state index in [0.717, 1.165) is 22.7 Å². The minimum absolute atomic E-state index is 0.557. The van der Waals surface area contributed by atoms with Crippen LogP contribution in [0.3, 0.4) is 0 Å². The molecule has 0 saturated heterocycles. The SMILES string of the molecule is COCCOc1cc(C)ccc1CNc1ccnc(C)c1. The van der Waals surface area contributed by atoms with Crippen LogP contribution >= 0.6 is 0 Å². The average molecular weight is 286 g/mol. The summed E-state index contributed by atoms with van der Waals surface area (Å²) < 4.78 is 10.8. The highest BCUT2D eigenvalue weighted by Crippen LogP contribution is 2.22. The van der Waals surface area contributed by atoms with Crippen LogP contribution in [0.5, 0.6) is 5.75 Å². The zero-order chi connectivity index (χ0) is 15.1. The number of aryl methyl sites for hydroxylation is 2. The van der Waals surface area contributed by atoms with E-state index in [1.165, 1.54) is 5.56 Å². The molecule has 0 aliphatic rings. The van der Waals surface area contributed by atoms with E-state index in [1.807, 2.05) is 25.3 Å². The van der Waals surface area contributed by atoms with Crippen LogP contribution < -0.4 is 10.1 Å². The number of rotatable bonds is 7. The van der Waals surface area contributed by atoms with Gasteiger partial charge in [0, 0.05) is 36.8 Å². The molecule has 2 aromatic rings. The Bertz CT molecular complexity index is 585. The molecule has 1 N–H and O–H groups in total. The minimum atomic E-state index is 0.557. The summed E-state index contributed by atoms with van der Waals surface area (Å²) in [5.74, 6) is 0.908. The molecule has 0 amide bonds. The molecule has 2 rings (SSSR count). The van der Waals surface area contributed by atoms with E-state index >= 15 is 0 Å². The number of aromatic nitrogens is 1. The molecule has 4 heteroatoms. The van der Waals surface area contributed by atoms with Gasteiger partial charge in [0.05, 0.1) is 6.61 Å². The quantitative estimate of drug-likeness (QED) is 0.793. The first-order valence-corrected chi connectivity index (χ1v) is 7.07. The average Bonchev–Trinajstić information content (AvgIpc) is 2.47. The number of benzene rings is 1. The third-order valence-corrected chi connectivity index (χ3v) is 3.15. The Hall–Kier alpha value is -2.07. The summed E-state index contributed by atoms with van der Waals surface area (Å²) in [6.45, 7) is 5.90. The Morgan fingerprint density at radius 1 is 1.10 bits per heavy atom. The number of nitrogens with zero attached hydrogens (tertiary/aromatic N) is 1. The van der Waals surface area contributed by atoms with Crippen molar-refractivity contribution in [1.29, 1.82) is 0 Å². The van der Waals surface area contributed by atoms with Crippen LogP contribution in [0.25, 0.3) is 0 Å². The summed E-state index contributed by atoms with van der Waals surface area (Å²) >= 11 is 0. The van der Waals surface area contributed by atoms with Crippen molar-refractivity contribution in [1.82, 2.24) is 4.98 Å². The maximum absolute atomic E-state index is 5.79. The van der Waals surface area contributed by atoms with Gasteiger partial charge in [0.15, 0.2) is 0 Å². The van der Waals surface area contributed by atoms with E-state index in [0.29, 0.717) is 19.8 Å². The molecular weight excluding hydrogens is 264 g/mol. The molecule has 0 radical (unpaired) electrons. The van der Waals surface area contributed by atoms with Crippen molar-refractivity contribution in [3.05, 3.63) is 53.3 Å². The van der Waals surface area contributed by atoms with Gasteiger partial charge in [-0.2, -0.15) is 0 Å². The number of anilines is 1. The van der Waals surface area contributed by atoms with Gasteiger partial charge in [-0.3, -0.25) is 4.98 Å². The summed E-state index contributed by atoms with van der Waals surface area (Å²) in [6.07, 6.45) is 1.81. The normalized spacial score (nSPS) is 10.4. The highest BCUT2D eigenvalue weighted by molar-refractivity contribution is 5.46. The maximum atomic E-state index is 5.79. The largest absolute Gasteiger partial charge is 0.491 e. The Morgan fingerprint density at radius 2 is 1.95 bits per heavy atom. The van der Waals surface area contributed by atoms with Crippen molar-refractivity contribution in [2.45, 2.75) is 20.4 Å². The first kappa shape index (κ1) is 15.3. The lowest BCUT2D eigenvalue weighted by molar-refractivity contribution is 0.146. The molecule has 1 aromatic heterocycles. The van der Waals surface area contributed by atoms with Gasteiger partial charge >= 0.3 is 0 Å². The Morgan fingerprint density at radius 3 is 2.71 bits per heavy atom. The Labute approximate surface area is 126 Å². The predicted octanol–water partition coefficient (Wildman–Crippen LogP) is 3.34. The molecule has 0 saturated carbocycles. The molecule has 0 spiro atoms. The fraction of sp³-hybridized carbons (Fsp3) is 0.353. The van der Waals surface area contributed by atoms with Gasteiger partial charge in [0.1, 0.15) is 12.4 Å². The van der Waals surface area contributed by atoms with Crippen molar-refractivity contribution in [2.24, 2.45) is 0 Å². The number of hydrogen-bond donors (Lipinski definition) is 1. The van der Waals surface area contributed by atoms with Gasteiger partial charge in [-0.15, -0.1) is 0 Å². The van der Waals surface area contributed by atoms with E-state index in [9.17, 15) is 0 Å². The second kappa shape index (κ2) is 7.64. The number of nitrogens with one attached hydrogen (secondary N) is 1. The third-order valence-electron chi connectivity index (χ3n) is 3.15. The smallest absolute Gasteiger partial charge is 0.124 e. The molecule has 0 aliphatic carbocycles. The van der Waals surface area contributed by atoms with Crippen LogP contribution in [0.1, 0.15) is 16.8 Å². The first-order valence-electron chi connectivity index (χ1n) is 7.07. The van der Waals surface area contributed by atoms with Crippen molar-refractivity contribution in [2.75, 3.05) is 25.6 Å². The lowest BCUT2D eigenvalue weighted by Crippen LogP contribution is -2.08. The number of ether oxygens (including phenoxy) is 2. The van der Waals surface area contributed by atoms with Gasteiger partial charge in [-0.1, -0.05) is 12.1 Å². The zero-order valence-corrected chi connectivity index (χ0v) is 12.8. The fourth-order valence-electron chi connectivity index (χ4n) is 2.03. The molecule has 0 unspecified atom stereocenters. The van der Waals surface area contributed by atoms with Gasteiger partial charge in [0.2, 0.25) is 0 Å². The predicted molar refractivity (Wildman–Crippen MR) is 84.9 cm³/mol. The molecule has 1 aromatic carbocycles. The monoisotopic (exact) mass is 286 g/mol. The van der Waals surface area contributed by atoms with Crippen molar-refractivity contribution in [3.63, 3.8) is 0 Å². The van der Waals surface area contributed by atoms with E-state index in [2.05, 4.69) is 35.4 Å². The lowest BCUT2D eigenvalue weighted by Gasteiger charge is -2.13. The molecule has 21 heavy (non-hydrogen) atoms. The highest BCUT2D eigenvalue weighted by atomic mass is 16.5. The number of pyridine rings is 1. The van der Waals surface area contributed by atoms with Gasteiger partial charge in [-0.25, -0.2) is 0 Å². The molecule has 0 fully saturated rings. The summed E-state index contributed by atoms with van der Waals surface area (Å²) in [7, 11) is 1.67. The lowest BCUT2D eigenvalue weighted by atomic mass is 10.1. The summed E-state index contributed by atoms with van der Waals surface area (Å²) in [5.41, 5.74) is 4.38. The number of methoxy groups -OCH3 is 1. The second-order valence-electron chi connectivity index (χ2n) is 4.99. The Kier molecular flexibility index (Phi) is 5.58. The van der Waals surface area contributed by atoms with Crippen LogP contribution in [0.2, 0.25) is 0 Å². The Balaban J connectivity index is 2.04. The molecule has 0 bridgehead atoms. The summed E-state index contributed by atoms with van der Waals surface area (Å²) in [4.78, 5) is 4.20. The summed E-state index contributed by atoms with van der Waals surface area (Å²) in [6, 6.07) is 10.2. The van der Waals surface area contributed by atoms with Gasteiger partial charge < -0.3 is 14.8 Å². The van der Waals surface area contributed by atoms with Crippen LogP contribution in [-0.2, 0) is 11.3 Å². The fourth-order valence-corrected chi connectivity index (χ4v) is 2.03. The van der Waals surface area contributed by atoms with Crippen LogP contribution in [0.4, 0.5) is 5.69 Å².